The second-order valence-corrected chi connectivity index (χ2v) is 8.07. The van der Waals surface area contributed by atoms with Crippen molar-refractivity contribution in [2.75, 3.05) is 18.1 Å². The van der Waals surface area contributed by atoms with Crippen molar-refractivity contribution in [1.82, 2.24) is 10.3 Å². The Morgan fingerprint density at radius 3 is 2.42 bits per heavy atom. The number of carbonyl (C=O) groups is 4. The zero-order chi connectivity index (χ0) is 25.5. The number of carbonyl (C=O) groups excluding carboxylic acids is 4. The number of imide groups is 1. The van der Waals surface area contributed by atoms with Crippen LogP contribution >= 0.6 is 0 Å². The molecule has 36 heavy (non-hydrogen) atoms. The van der Waals surface area contributed by atoms with E-state index in [1.807, 2.05) is 13.0 Å². The maximum atomic E-state index is 12.8. The maximum absolute atomic E-state index is 12.8. The van der Waals surface area contributed by atoms with E-state index in [2.05, 4.69) is 10.3 Å². The predicted molar refractivity (Wildman–Crippen MR) is 131 cm³/mol. The van der Waals surface area contributed by atoms with E-state index in [0.717, 1.165) is 10.5 Å². The van der Waals surface area contributed by atoms with Gasteiger partial charge < -0.3 is 14.8 Å². The minimum Gasteiger partial charge on any atom is -0.494 e. The van der Waals surface area contributed by atoms with E-state index < -0.39 is 18.6 Å². The topological polar surface area (TPSA) is 115 Å². The van der Waals surface area contributed by atoms with Gasteiger partial charge in [0.25, 0.3) is 5.91 Å². The van der Waals surface area contributed by atoms with Crippen LogP contribution in [0.15, 0.2) is 73.1 Å². The molecule has 0 saturated carbocycles. The third-order valence-electron chi connectivity index (χ3n) is 5.60. The quantitative estimate of drug-likeness (QED) is 0.264. The average Bonchev–Trinajstić information content (AvgIpc) is 3.19. The monoisotopic (exact) mass is 487 g/mol. The van der Waals surface area contributed by atoms with Crippen LogP contribution in [0.4, 0.5) is 5.69 Å². The summed E-state index contributed by atoms with van der Waals surface area (Å²) in [5, 5.41) is 3.09. The lowest BCUT2D eigenvalue weighted by molar-refractivity contribution is -0.121. The van der Waals surface area contributed by atoms with E-state index >= 15 is 0 Å². The Hall–Kier alpha value is -4.37. The summed E-state index contributed by atoms with van der Waals surface area (Å²) in [6.07, 6.45) is 3.39. The molecule has 1 fully saturated rings. The molecule has 1 aliphatic heterocycles. The number of nitrogens with zero attached hydrogens (tertiary/aromatic N) is 2. The van der Waals surface area contributed by atoms with Crippen LogP contribution in [0.3, 0.4) is 0 Å². The number of hydrogen-bond acceptors (Lipinski definition) is 8. The number of esters is 1. The number of nitrogens with one attached hydrogen (secondary N) is 1. The summed E-state index contributed by atoms with van der Waals surface area (Å²) < 4.78 is 10.5. The Bertz CT molecular complexity index is 1240. The normalized spacial score (nSPS) is 15.1. The van der Waals surface area contributed by atoms with Crippen molar-refractivity contribution >= 4 is 29.3 Å². The first kappa shape index (κ1) is 24.7. The molecule has 0 spiro atoms. The van der Waals surface area contributed by atoms with E-state index in [-0.39, 0.29) is 29.6 Å². The van der Waals surface area contributed by atoms with Gasteiger partial charge in [-0.25, -0.2) is 9.69 Å². The van der Waals surface area contributed by atoms with Gasteiger partial charge in [-0.1, -0.05) is 6.07 Å². The van der Waals surface area contributed by atoms with Crippen molar-refractivity contribution in [3.8, 4) is 5.75 Å². The van der Waals surface area contributed by atoms with Crippen molar-refractivity contribution in [3.05, 3.63) is 89.7 Å². The van der Waals surface area contributed by atoms with Crippen LogP contribution in [0, 0.1) is 0 Å². The lowest BCUT2D eigenvalue weighted by atomic mass is 10.1. The van der Waals surface area contributed by atoms with Crippen LogP contribution < -0.4 is 15.0 Å². The second-order valence-electron chi connectivity index (χ2n) is 8.07. The highest BCUT2D eigenvalue weighted by atomic mass is 16.5. The number of ketones is 1. The van der Waals surface area contributed by atoms with Crippen molar-refractivity contribution in [1.29, 1.82) is 0 Å². The molecule has 0 aliphatic carbocycles. The lowest BCUT2D eigenvalue weighted by Crippen LogP contribution is -2.38. The van der Waals surface area contributed by atoms with E-state index in [1.54, 1.807) is 42.7 Å². The first-order valence-electron chi connectivity index (χ1n) is 11.5. The number of Topliss-reactive ketones (excluding diaryl/α,β-unsaturated/α-hetero) is 1. The summed E-state index contributed by atoms with van der Waals surface area (Å²) in [6, 6.07) is 15.5. The number of benzene rings is 2. The predicted octanol–water partition coefficient (Wildman–Crippen LogP) is 2.94. The number of hydrogen-bond donors (Lipinski definition) is 1. The highest BCUT2D eigenvalue weighted by Gasteiger charge is 2.39. The summed E-state index contributed by atoms with van der Waals surface area (Å²) in [5.74, 6) is -1.08. The molecule has 3 aromatic rings. The molecule has 1 atom stereocenters. The molecule has 1 saturated heterocycles. The number of amides is 2. The van der Waals surface area contributed by atoms with Crippen LogP contribution in [0.1, 0.15) is 39.6 Å². The second kappa shape index (κ2) is 11.4. The van der Waals surface area contributed by atoms with E-state index in [0.29, 0.717) is 30.2 Å². The average molecular weight is 488 g/mol. The van der Waals surface area contributed by atoms with Gasteiger partial charge in [-0.15, -0.1) is 0 Å². The molecular formula is C27H25N3O6. The fourth-order valence-corrected chi connectivity index (χ4v) is 3.75. The summed E-state index contributed by atoms with van der Waals surface area (Å²) in [6.45, 7) is 2.38. The molecule has 4 rings (SSSR count). The molecular weight excluding hydrogens is 462 g/mol. The van der Waals surface area contributed by atoms with E-state index in [9.17, 15) is 19.2 Å². The van der Waals surface area contributed by atoms with Gasteiger partial charge in [-0.05, 0) is 67.1 Å². The molecule has 1 aromatic heterocycles. The van der Waals surface area contributed by atoms with E-state index in [4.69, 9.17) is 9.47 Å². The van der Waals surface area contributed by atoms with Gasteiger partial charge in [0.15, 0.2) is 12.4 Å². The Balaban J connectivity index is 1.32. The van der Waals surface area contributed by atoms with Crippen LogP contribution in [0.5, 0.6) is 5.75 Å². The number of ether oxygens (including phenoxy) is 2. The molecule has 184 valence electrons. The van der Waals surface area contributed by atoms with Gasteiger partial charge >= 0.3 is 5.97 Å². The smallest absolute Gasteiger partial charge is 0.338 e. The molecule has 1 aliphatic rings. The molecule has 0 bridgehead atoms. The van der Waals surface area contributed by atoms with Gasteiger partial charge in [0.2, 0.25) is 5.91 Å². The molecule has 2 heterocycles. The summed E-state index contributed by atoms with van der Waals surface area (Å²) in [4.78, 5) is 55.2. The molecule has 1 unspecified atom stereocenters. The van der Waals surface area contributed by atoms with Gasteiger partial charge in [0.1, 0.15) is 5.75 Å². The van der Waals surface area contributed by atoms with Crippen molar-refractivity contribution < 1.29 is 28.7 Å². The molecule has 9 nitrogen and oxygen atoms in total. The van der Waals surface area contributed by atoms with Crippen molar-refractivity contribution in [2.24, 2.45) is 0 Å². The highest BCUT2D eigenvalue weighted by Crippen LogP contribution is 2.24. The summed E-state index contributed by atoms with van der Waals surface area (Å²) >= 11 is 0. The largest absolute Gasteiger partial charge is 0.494 e. The Kier molecular flexibility index (Phi) is 7.82. The van der Waals surface area contributed by atoms with Crippen LogP contribution in [-0.4, -0.2) is 47.8 Å². The fourth-order valence-electron chi connectivity index (χ4n) is 3.75. The van der Waals surface area contributed by atoms with Crippen LogP contribution in [-0.2, 0) is 20.9 Å². The van der Waals surface area contributed by atoms with Crippen molar-refractivity contribution in [3.63, 3.8) is 0 Å². The SMILES string of the molecule is CCOc1ccc(C(=O)COC(=O)c2ccc(N3C(=O)CC(NCc4cccnc4)C3=O)cc2)cc1. The van der Waals surface area contributed by atoms with E-state index in [1.165, 1.54) is 24.3 Å². The summed E-state index contributed by atoms with van der Waals surface area (Å²) in [5.41, 5.74) is 1.86. The molecule has 2 amide bonds. The first-order chi connectivity index (χ1) is 17.5. The number of aromatic nitrogens is 1. The fraction of sp³-hybridized carbons (Fsp3) is 0.222. The Labute approximate surface area is 208 Å². The zero-order valence-corrected chi connectivity index (χ0v) is 19.7. The zero-order valence-electron chi connectivity index (χ0n) is 19.7. The third kappa shape index (κ3) is 5.81. The molecule has 0 radical (unpaired) electrons. The molecule has 2 aromatic carbocycles. The maximum Gasteiger partial charge on any atom is 0.338 e. The summed E-state index contributed by atoms with van der Waals surface area (Å²) in [7, 11) is 0. The highest BCUT2D eigenvalue weighted by molar-refractivity contribution is 6.22. The third-order valence-corrected chi connectivity index (χ3v) is 5.60. The minimum atomic E-state index is -0.684. The van der Waals surface area contributed by atoms with Crippen molar-refractivity contribution in [2.45, 2.75) is 25.9 Å². The van der Waals surface area contributed by atoms with Gasteiger partial charge in [0, 0.05) is 24.5 Å². The van der Waals surface area contributed by atoms with Gasteiger partial charge in [-0.3, -0.25) is 19.4 Å². The lowest BCUT2D eigenvalue weighted by Gasteiger charge is -2.16. The van der Waals surface area contributed by atoms with Gasteiger partial charge in [-0.2, -0.15) is 0 Å². The minimum absolute atomic E-state index is 0.0382. The Morgan fingerprint density at radius 2 is 1.75 bits per heavy atom. The molecule has 9 heteroatoms. The first-order valence-corrected chi connectivity index (χ1v) is 11.5. The standard InChI is InChI=1S/C27H25N3O6/c1-2-35-22-11-7-19(8-12-22)24(31)17-36-27(34)20-5-9-21(10-6-20)30-25(32)14-23(26(30)33)29-16-18-4-3-13-28-15-18/h3-13,15,23,29H,2,14,16-17H2,1H3. The van der Waals surface area contributed by atoms with Gasteiger partial charge in [0.05, 0.1) is 30.3 Å². The Morgan fingerprint density at radius 1 is 1.03 bits per heavy atom. The number of pyridine rings is 1. The van der Waals surface area contributed by atoms with Crippen LogP contribution in [0.2, 0.25) is 0 Å². The number of rotatable bonds is 10. The van der Waals surface area contributed by atoms with Crippen LogP contribution in [0.25, 0.3) is 0 Å². The number of anilines is 1. The molecule has 1 N–H and O–H groups in total.